The fourth-order valence-electron chi connectivity index (χ4n) is 2.42. The molecule has 1 aromatic heterocycles. The van der Waals surface area contributed by atoms with Gasteiger partial charge in [-0.05, 0) is 38.0 Å². The van der Waals surface area contributed by atoms with E-state index < -0.39 is 0 Å². The van der Waals surface area contributed by atoms with E-state index in [1.165, 1.54) is 25.7 Å². The number of hydrogen-bond donors (Lipinski definition) is 2. The molecule has 0 radical (unpaired) electrons. The lowest BCUT2D eigenvalue weighted by Crippen LogP contribution is -2.26. The van der Waals surface area contributed by atoms with E-state index in [0.29, 0.717) is 17.9 Å². The van der Waals surface area contributed by atoms with Gasteiger partial charge < -0.3 is 11.1 Å². The molecule has 0 unspecified atom stereocenters. The molecule has 1 heterocycles. The van der Waals surface area contributed by atoms with Gasteiger partial charge in [-0.25, -0.2) is 0 Å². The molecule has 5 nitrogen and oxygen atoms in total. The Bertz CT molecular complexity index is 385. The van der Waals surface area contributed by atoms with Crippen molar-refractivity contribution in [1.82, 2.24) is 15.0 Å². The van der Waals surface area contributed by atoms with E-state index in [1.807, 2.05) is 0 Å². The minimum Gasteiger partial charge on any atom is -0.368 e. The summed E-state index contributed by atoms with van der Waals surface area (Å²) in [6, 6.07) is 0.484. The molecule has 5 heteroatoms. The average Bonchev–Trinajstić information content (AvgIpc) is 2.32. The van der Waals surface area contributed by atoms with Crippen molar-refractivity contribution >= 4 is 11.9 Å². The van der Waals surface area contributed by atoms with Gasteiger partial charge >= 0.3 is 0 Å². The van der Waals surface area contributed by atoms with Gasteiger partial charge in [0.05, 0.1) is 0 Å². The quantitative estimate of drug-likeness (QED) is 0.856. The Morgan fingerprint density at radius 3 is 2.56 bits per heavy atom. The molecule has 1 aliphatic carbocycles. The number of aryl methyl sites for hydroxylation is 1. The highest BCUT2D eigenvalue weighted by Gasteiger charge is 2.19. The van der Waals surface area contributed by atoms with Crippen LogP contribution in [0.1, 0.15) is 51.8 Å². The lowest BCUT2D eigenvalue weighted by atomic mass is 9.87. The summed E-state index contributed by atoms with van der Waals surface area (Å²) < 4.78 is 0. The zero-order valence-electron chi connectivity index (χ0n) is 11.3. The molecule has 2 rings (SSSR count). The van der Waals surface area contributed by atoms with Crippen LogP contribution >= 0.6 is 0 Å². The highest BCUT2D eigenvalue weighted by molar-refractivity contribution is 5.32. The van der Waals surface area contributed by atoms with Crippen LogP contribution in [0.3, 0.4) is 0 Å². The molecular weight excluding hydrogens is 226 g/mol. The zero-order chi connectivity index (χ0) is 13.0. The Hall–Kier alpha value is -1.39. The Labute approximate surface area is 109 Å². The van der Waals surface area contributed by atoms with Crippen LogP contribution in [-0.4, -0.2) is 21.0 Å². The largest absolute Gasteiger partial charge is 0.368 e. The predicted octanol–water partition coefficient (Wildman–Crippen LogP) is 2.40. The fraction of sp³-hybridized carbons (Fsp3) is 0.769. The second-order valence-corrected chi connectivity index (χ2v) is 5.28. The second-order valence-electron chi connectivity index (χ2n) is 5.28. The summed E-state index contributed by atoms with van der Waals surface area (Å²) in [4.78, 5) is 12.7. The first-order valence-electron chi connectivity index (χ1n) is 6.94. The van der Waals surface area contributed by atoms with Crippen molar-refractivity contribution in [3.05, 3.63) is 5.82 Å². The fourth-order valence-corrected chi connectivity index (χ4v) is 2.42. The van der Waals surface area contributed by atoms with Gasteiger partial charge in [-0.3, -0.25) is 0 Å². The molecule has 1 fully saturated rings. The molecule has 0 bridgehead atoms. The van der Waals surface area contributed by atoms with Crippen molar-refractivity contribution in [3.8, 4) is 0 Å². The third kappa shape index (κ3) is 3.55. The van der Waals surface area contributed by atoms with Gasteiger partial charge in [-0.1, -0.05) is 13.8 Å². The van der Waals surface area contributed by atoms with Crippen LogP contribution in [0.15, 0.2) is 0 Å². The Morgan fingerprint density at radius 1 is 1.17 bits per heavy atom. The molecule has 1 saturated carbocycles. The lowest BCUT2D eigenvalue weighted by Gasteiger charge is -2.26. The number of nitrogens with two attached hydrogens (primary N) is 1. The molecule has 0 aliphatic heterocycles. The van der Waals surface area contributed by atoms with Crippen LogP contribution in [0.5, 0.6) is 0 Å². The van der Waals surface area contributed by atoms with Crippen LogP contribution < -0.4 is 11.1 Å². The Balaban J connectivity index is 2.00. The highest BCUT2D eigenvalue weighted by atomic mass is 15.2. The number of anilines is 2. The number of nitrogens with one attached hydrogen (secondary N) is 1. The number of rotatable bonds is 4. The lowest BCUT2D eigenvalue weighted by molar-refractivity contribution is 0.360. The third-order valence-corrected chi connectivity index (χ3v) is 3.52. The average molecular weight is 249 g/mol. The van der Waals surface area contributed by atoms with E-state index in [-0.39, 0.29) is 0 Å². The molecule has 100 valence electrons. The topological polar surface area (TPSA) is 76.7 Å². The Morgan fingerprint density at radius 2 is 1.89 bits per heavy atom. The molecule has 0 spiro atoms. The maximum absolute atomic E-state index is 5.71. The number of aromatic nitrogens is 3. The van der Waals surface area contributed by atoms with Crippen molar-refractivity contribution in [2.75, 3.05) is 11.1 Å². The summed E-state index contributed by atoms with van der Waals surface area (Å²) in [5, 5.41) is 3.40. The molecule has 1 aromatic rings. The first kappa shape index (κ1) is 13.1. The first-order chi connectivity index (χ1) is 8.67. The van der Waals surface area contributed by atoms with E-state index in [4.69, 9.17) is 5.73 Å². The molecule has 18 heavy (non-hydrogen) atoms. The predicted molar refractivity (Wildman–Crippen MR) is 73.3 cm³/mol. The summed E-state index contributed by atoms with van der Waals surface area (Å²) >= 11 is 0. The molecule has 0 saturated heterocycles. The van der Waals surface area contributed by atoms with Crippen LogP contribution in [-0.2, 0) is 6.42 Å². The van der Waals surface area contributed by atoms with E-state index in [2.05, 4.69) is 34.1 Å². The maximum Gasteiger partial charge on any atom is 0.227 e. The van der Waals surface area contributed by atoms with Crippen molar-refractivity contribution in [2.45, 2.75) is 58.4 Å². The number of nitrogens with zero attached hydrogens (tertiary/aromatic N) is 3. The molecule has 0 aromatic carbocycles. The van der Waals surface area contributed by atoms with Crippen molar-refractivity contribution < 1.29 is 0 Å². The number of nitrogen functional groups attached to an aromatic ring is 1. The molecule has 0 atom stereocenters. The van der Waals surface area contributed by atoms with E-state index >= 15 is 0 Å². The maximum atomic E-state index is 5.71. The highest BCUT2D eigenvalue weighted by Crippen LogP contribution is 2.25. The van der Waals surface area contributed by atoms with Gasteiger partial charge in [0.2, 0.25) is 11.9 Å². The molecule has 0 amide bonds. The zero-order valence-corrected chi connectivity index (χ0v) is 11.3. The van der Waals surface area contributed by atoms with Crippen LogP contribution in [0, 0.1) is 5.92 Å². The van der Waals surface area contributed by atoms with Gasteiger partial charge in [-0.2, -0.15) is 15.0 Å². The second kappa shape index (κ2) is 5.98. The summed E-state index contributed by atoms with van der Waals surface area (Å²) in [6.45, 7) is 4.42. The molecular formula is C13H23N5. The first-order valence-corrected chi connectivity index (χ1v) is 6.94. The number of hydrogen-bond acceptors (Lipinski definition) is 5. The van der Waals surface area contributed by atoms with Crippen LogP contribution in [0.2, 0.25) is 0 Å². The minimum atomic E-state index is 0.320. The summed E-state index contributed by atoms with van der Waals surface area (Å²) in [6.07, 6.45) is 6.80. The Kier molecular flexibility index (Phi) is 4.33. The van der Waals surface area contributed by atoms with Gasteiger partial charge in [0.25, 0.3) is 0 Å². The van der Waals surface area contributed by atoms with Gasteiger partial charge in [0.1, 0.15) is 5.82 Å². The molecule has 3 N–H and O–H groups in total. The standard InChI is InChI=1S/C13H23N5/c1-3-4-11-16-12(14)18-13(17-11)15-10-7-5-9(2)6-8-10/h9-10H,3-8H2,1-2H3,(H3,14,15,16,17,18). The molecule has 1 aliphatic rings. The van der Waals surface area contributed by atoms with Gasteiger partial charge in [-0.15, -0.1) is 0 Å². The minimum absolute atomic E-state index is 0.320. The monoisotopic (exact) mass is 249 g/mol. The van der Waals surface area contributed by atoms with Crippen LogP contribution in [0.25, 0.3) is 0 Å². The van der Waals surface area contributed by atoms with Crippen molar-refractivity contribution in [1.29, 1.82) is 0 Å². The van der Waals surface area contributed by atoms with Gasteiger partial charge in [0, 0.05) is 12.5 Å². The van der Waals surface area contributed by atoms with E-state index in [1.54, 1.807) is 0 Å². The van der Waals surface area contributed by atoms with E-state index in [0.717, 1.165) is 24.6 Å². The summed E-state index contributed by atoms with van der Waals surface area (Å²) in [5.41, 5.74) is 5.71. The van der Waals surface area contributed by atoms with E-state index in [9.17, 15) is 0 Å². The smallest absolute Gasteiger partial charge is 0.227 e. The summed E-state index contributed by atoms with van der Waals surface area (Å²) in [7, 11) is 0. The summed E-state index contributed by atoms with van der Waals surface area (Å²) in [5.74, 6) is 2.60. The van der Waals surface area contributed by atoms with Crippen molar-refractivity contribution in [3.63, 3.8) is 0 Å². The van der Waals surface area contributed by atoms with Crippen LogP contribution in [0.4, 0.5) is 11.9 Å². The normalized spacial score (nSPS) is 23.9. The van der Waals surface area contributed by atoms with Gasteiger partial charge in [0.15, 0.2) is 0 Å². The third-order valence-electron chi connectivity index (χ3n) is 3.52. The van der Waals surface area contributed by atoms with Crippen molar-refractivity contribution in [2.24, 2.45) is 5.92 Å². The SMILES string of the molecule is CCCc1nc(N)nc(NC2CCC(C)CC2)n1.